The Bertz CT molecular complexity index is 630. The number of allylic oxidation sites excluding steroid dienone is 4. The van der Waals surface area contributed by atoms with Crippen molar-refractivity contribution in [3.8, 4) is 0 Å². The van der Waals surface area contributed by atoms with Crippen molar-refractivity contribution in [3.63, 3.8) is 0 Å². The summed E-state index contributed by atoms with van der Waals surface area (Å²) in [6.45, 7) is 5.24. The lowest BCUT2D eigenvalue weighted by Gasteiger charge is -2.39. The Morgan fingerprint density at radius 3 is 2.22 bits per heavy atom. The van der Waals surface area contributed by atoms with Gasteiger partial charge in [-0.05, 0) is 44.1 Å². The van der Waals surface area contributed by atoms with Crippen LogP contribution in [0.4, 0.5) is 0 Å². The maximum atomic E-state index is 9.65. The molecule has 0 amide bonds. The van der Waals surface area contributed by atoms with E-state index in [9.17, 15) is 5.21 Å². The highest BCUT2D eigenvalue weighted by molar-refractivity contribution is 5.89. The summed E-state index contributed by atoms with van der Waals surface area (Å²) in [4.78, 5) is 5.06. The molecule has 1 aromatic carbocycles. The van der Waals surface area contributed by atoms with Crippen LogP contribution in [0, 0.1) is 0 Å². The normalized spacial score (nSPS) is 27.6. The molecule has 0 aromatic heterocycles. The van der Waals surface area contributed by atoms with Gasteiger partial charge in [0, 0.05) is 32.7 Å². The van der Waals surface area contributed by atoms with Crippen LogP contribution in [-0.4, -0.2) is 52.9 Å². The predicted molar refractivity (Wildman–Crippen MR) is 112 cm³/mol. The topological polar surface area (TPSA) is 39.1 Å². The van der Waals surface area contributed by atoms with E-state index in [1.54, 1.807) is 0 Å². The quantitative estimate of drug-likeness (QED) is 0.487. The second kappa shape index (κ2) is 11.1. The van der Waals surface area contributed by atoms with Gasteiger partial charge in [0.1, 0.15) is 0 Å². The summed E-state index contributed by atoms with van der Waals surface area (Å²) in [6.07, 6.45) is 15.2. The van der Waals surface area contributed by atoms with Gasteiger partial charge in [0.25, 0.3) is 0 Å². The van der Waals surface area contributed by atoms with Crippen molar-refractivity contribution in [2.45, 2.75) is 51.1 Å². The zero-order valence-corrected chi connectivity index (χ0v) is 16.3. The monoisotopic (exact) mass is 367 g/mol. The number of piperazine rings is 1. The van der Waals surface area contributed by atoms with Crippen LogP contribution >= 0.6 is 0 Å². The minimum absolute atomic E-state index is 0.256. The summed E-state index contributed by atoms with van der Waals surface area (Å²) in [7, 11) is 0. The zero-order chi connectivity index (χ0) is 18.7. The highest BCUT2D eigenvalue weighted by Crippen LogP contribution is 2.18. The Morgan fingerprint density at radius 1 is 0.852 bits per heavy atom. The van der Waals surface area contributed by atoms with Gasteiger partial charge < -0.3 is 5.21 Å². The summed E-state index contributed by atoms with van der Waals surface area (Å²) in [6, 6.07) is 11.0. The van der Waals surface area contributed by atoms with Crippen molar-refractivity contribution in [1.29, 1.82) is 0 Å². The van der Waals surface area contributed by atoms with E-state index in [-0.39, 0.29) is 6.04 Å². The summed E-state index contributed by atoms with van der Waals surface area (Å²) in [5.41, 5.74) is 2.33. The van der Waals surface area contributed by atoms with E-state index in [1.807, 2.05) is 0 Å². The van der Waals surface area contributed by atoms with Gasteiger partial charge in [-0.15, -0.1) is 0 Å². The van der Waals surface area contributed by atoms with Gasteiger partial charge in [-0.1, -0.05) is 59.8 Å². The third kappa shape index (κ3) is 6.33. The van der Waals surface area contributed by atoms with E-state index in [2.05, 4.69) is 69.6 Å². The smallest absolute Gasteiger partial charge is 0.0745 e. The van der Waals surface area contributed by atoms with Crippen LogP contribution in [0.25, 0.3) is 0 Å². The van der Waals surface area contributed by atoms with Gasteiger partial charge >= 0.3 is 0 Å². The fourth-order valence-electron chi connectivity index (χ4n) is 4.07. The van der Waals surface area contributed by atoms with Gasteiger partial charge in [-0.3, -0.25) is 9.80 Å². The fraction of sp³-hybridized carbons (Fsp3) is 0.522. The Morgan fingerprint density at radius 2 is 1.52 bits per heavy atom. The number of nitrogens with zero attached hydrogens (tertiary/aromatic N) is 3. The van der Waals surface area contributed by atoms with Gasteiger partial charge in [0.05, 0.1) is 11.8 Å². The summed E-state index contributed by atoms with van der Waals surface area (Å²) in [5.74, 6) is 0. The van der Waals surface area contributed by atoms with Crippen LogP contribution in [-0.2, 0) is 6.54 Å². The van der Waals surface area contributed by atoms with Crippen LogP contribution in [0.3, 0.4) is 0 Å². The Hall–Kier alpha value is -1.91. The first-order valence-corrected chi connectivity index (χ1v) is 10.4. The van der Waals surface area contributed by atoms with Crippen molar-refractivity contribution in [1.82, 2.24) is 9.80 Å². The first-order chi connectivity index (χ1) is 13.4. The van der Waals surface area contributed by atoms with Gasteiger partial charge in [-0.25, -0.2) is 0 Å². The highest BCUT2D eigenvalue weighted by atomic mass is 16.4. The van der Waals surface area contributed by atoms with Gasteiger partial charge in [-0.2, -0.15) is 0 Å². The summed E-state index contributed by atoms with van der Waals surface area (Å²) < 4.78 is 0. The standard InChI is InChI=1S/C23H33N3O/c27-24-22-14-10-5-3-1-2-4-6-11-15-23(22)26-18-16-25(17-19-26)20-21-12-8-7-9-13-21/h3-9,12-13,23,27H,1-2,10-11,14-20H2/b5-3+,6-4+,24-22-. The summed E-state index contributed by atoms with van der Waals surface area (Å²) >= 11 is 0. The predicted octanol–water partition coefficient (Wildman–Crippen LogP) is 4.47. The fourth-order valence-corrected chi connectivity index (χ4v) is 4.07. The third-order valence-electron chi connectivity index (χ3n) is 5.62. The molecule has 4 nitrogen and oxygen atoms in total. The molecule has 1 saturated heterocycles. The largest absolute Gasteiger partial charge is 0.411 e. The molecule has 4 heteroatoms. The molecular formula is C23H33N3O. The first-order valence-electron chi connectivity index (χ1n) is 10.4. The van der Waals surface area contributed by atoms with E-state index in [0.29, 0.717) is 0 Å². The summed E-state index contributed by atoms with van der Waals surface area (Å²) in [5, 5.41) is 13.4. The molecule has 0 bridgehead atoms. The maximum absolute atomic E-state index is 9.65. The second-order valence-electron chi connectivity index (χ2n) is 7.54. The van der Waals surface area contributed by atoms with Crippen LogP contribution in [0.5, 0.6) is 0 Å². The minimum atomic E-state index is 0.256. The van der Waals surface area contributed by atoms with Crippen LogP contribution in [0.1, 0.15) is 44.1 Å². The van der Waals surface area contributed by atoms with E-state index < -0.39 is 0 Å². The molecule has 3 rings (SSSR count). The molecule has 0 radical (unpaired) electrons. The number of hydrogen-bond donors (Lipinski definition) is 1. The Balaban J connectivity index is 1.58. The molecule has 1 fully saturated rings. The van der Waals surface area contributed by atoms with E-state index >= 15 is 0 Å². The van der Waals surface area contributed by atoms with Crippen molar-refractivity contribution in [2.24, 2.45) is 5.16 Å². The highest BCUT2D eigenvalue weighted by Gasteiger charge is 2.27. The lowest BCUT2D eigenvalue weighted by molar-refractivity contribution is 0.108. The van der Waals surface area contributed by atoms with Crippen LogP contribution in [0.15, 0.2) is 59.8 Å². The maximum Gasteiger partial charge on any atom is 0.0745 e. The molecule has 2 aliphatic rings. The van der Waals surface area contributed by atoms with Crippen LogP contribution in [0.2, 0.25) is 0 Å². The average molecular weight is 368 g/mol. The van der Waals surface area contributed by atoms with E-state index in [0.717, 1.165) is 77.0 Å². The minimum Gasteiger partial charge on any atom is -0.411 e. The van der Waals surface area contributed by atoms with E-state index in [4.69, 9.17) is 0 Å². The van der Waals surface area contributed by atoms with E-state index in [1.165, 1.54) is 5.56 Å². The molecule has 1 heterocycles. The molecular weight excluding hydrogens is 334 g/mol. The molecule has 1 aliphatic carbocycles. The van der Waals surface area contributed by atoms with Crippen molar-refractivity contribution in [2.75, 3.05) is 26.2 Å². The number of hydrogen-bond acceptors (Lipinski definition) is 4. The molecule has 27 heavy (non-hydrogen) atoms. The van der Waals surface area contributed by atoms with Crippen molar-refractivity contribution >= 4 is 5.71 Å². The zero-order valence-electron chi connectivity index (χ0n) is 16.3. The lowest BCUT2D eigenvalue weighted by atomic mass is 9.98. The molecule has 0 saturated carbocycles. The van der Waals surface area contributed by atoms with Gasteiger partial charge in [0.2, 0.25) is 0 Å². The number of oxime groups is 1. The Labute approximate surface area is 163 Å². The molecule has 0 spiro atoms. The molecule has 1 aromatic rings. The Kier molecular flexibility index (Phi) is 8.12. The second-order valence-corrected chi connectivity index (χ2v) is 7.54. The lowest BCUT2D eigenvalue weighted by Crippen LogP contribution is -2.52. The average Bonchev–Trinajstić information content (AvgIpc) is 2.70. The molecule has 1 unspecified atom stereocenters. The number of benzene rings is 1. The molecule has 146 valence electrons. The van der Waals surface area contributed by atoms with Crippen LogP contribution < -0.4 is 0 Å². The molecule has 1 aliphatic heterocycles. The van der Waals surface area contributed by atoms with Crippen molar-refractivity contribution < 1.29 is 5.21 Å². The first kappa shape index (κ1) is 19.8. The number of rotatable bonds is 3. The third-order valence-corrected chi connectivity index (χ3v) is 5.62. The molecule has 1 N–H and O–H groups in total. The SMILES string of the molecule is O/N=C1/CC/C=C/CC/C=C/CCC1N1CCN(Cc2ccccc2)CC1. The van der Waals surface area contributed by atoms with Gasteiger partial charge in [0.15, 0.2) is 0 Å². The molecule has 1 atom stereocenters. The van der Waals surface area contributed by atoms with Crippen molar-refractivity contribution in [3.05, 3.63) is 60.2 Å².